The molecule has 1 rings (SSSR count). The predicted molar refractivity (Wildman–Crippen MR) is 77.0 cm³/mol. The fraction of sp³-hybridized carbons (Fsp3) is 0.571. The molecule has 0 amide bonds. The number of nitro benzene ring substituents is 1. The first-order chi connectivity index (χ1) is 8.76. The van der Waals surface area contributed by atoms with Crippen molar-refractivity contribution in [2.45, 2.75) is 27.3 Å². The van der Waals surface area contributed by atoms with Gasteiger partial charge in [-0.2, -0.15) is 0 Å². The zero-order chi connectivity index (χ0) is 14.6. The number of rotatable bonds is 6. The maximum Gasteiger partial charge on any atom is 0.272 e. The second-order valence-corrected chi connectivity index (χ2v) is 5.86. The number of benzene rings is 1. The van der Waals surface area contributed by atoms with Crippen molar-refractivity contribution in [2.24, 2.45) is 11.1 Å². The molecule has 1 aromatic rings. The van der Waals surface area contributed by atoms with Crippen LogP contribution in [0.2, 0.25) is 0 Å². The van der Waals surface area contributed by atoms with Gasteiger partial charge in [0, 0.05) is 24.7 Å². The Balaban J connectivity index is 2.83. The lowest BCUT2D eigenvalue weighted by Gasteiger charge is -2.29. The lowest BCUT2D eigenvalue weighted by molar-refractivity contribution is -0.385. The van der Waals surface area contributed by atoms with Gasteiger partial charge in [-0.25, -0.2) is 0 Å². The van der Waals surface area contributed by atoms with E-state index < -0.39 is 0 Å². The van der Waals surface area contributed by atoms with Crippen molar-refractivity contribution < 1.29 is 4.92 Å². The Morgan fingerprint density at radius 1 is 1.42 bits per heavy atom. The van der Waals surface area contributed by atoms with Crippen molar-refractivity contribution in [1.29, 1.82) is 0 Å². The summed E-state index contributed by atoms with van der Waals surface area (Å²) < 4.78 is 0. The molecule has 5 heteroatoms. The van der Waals surface area contributed by atoms with Crippen LogP contribution in [0.3, 0.4) is 0 Å². The first-order valence-corrected chi connectivity index (χ1v) is 6.38. The average Bonchev–Trinajstić information content (AvgIpc) is 2.30. The van der Waals surface area contributed by atoms with E-state index in [2.05, 4.69) is 18.7 Å². The van der Waals surface area contributed by atoms with Gasteiger partial charge >= 0.3 is 0 Å². The maximum absolute atomic E-state index is 10.9. The summed E-state index contributed by atoms with van der Waals surface area (Å²) >= 11 is 0. The van der Waals surface area contributed by atoms with Gasteiger partial charge in [0.05, 0.1) is 4.92 Å². The highest BCUT2D eigenvalue weighted by Gasteiger charge is 2.19. The van der Waals surface area contributed by atoms with Crippen LogP contribution in [0.5, 0.6) is 0 Å². The van der Waals surface area contributed by atoms with E-state index in [-0.39, 0.29) is 16.0 Å². The summed E-state index contributed by atoms with van der Waals surface area (Å²) in [4.78, 5) is 12.7. The molecule has 0 aliphatic heterocycles. The molecule has 0 atom stereocenters. The van der Waals surface area contributed by atoms with Crippen LogP contribution in [0.1, 0.15) is 25.0 Å². The topological polar surface area (TPSA) is 72.4 Å². The Morgan fingerprint density at radius 2 is 2.05 bits per heavy atom. The molecule has 0 aliphatic carbocycles. The van der Waals surface area contributed by atoms with Crippen molar-refractivity contribution in [3.63, 3.8) is 0 Å². The Labute approximate surface area is 114 Å². The van der Waals surface area contributed by atoms with Crippen LogP contribution in [0, 0.1) is 22.5 Å². The summed E-state index contributed by atoms with van der Waals surface area (Å²) in [6.45, 7) is 8.19. The van der Waals surface area contributed by atoms with Crippen LogP contribution >= 0.6 is 0 Å². The zero-order valence-corrected chi connectivity index (χ0v) is 12.1. The van der Waals surface area contributed by atoms with Crippen molar-refractivity contribution in [1.82, 2.24) is 4.90 Å². The SMILES string of the molecule is Cc1c(CN(C)CC(C)(C)CN)cccc1[N+](=O)[O-]. The molecule has 0 heterocycles. The Hall–Kier alpha value is -1.46. The quantitative estimate of drug-likeness (QED) is 0.633. The predicted octanol–water partition coefficient (Wildman–Crippen LogP) is 2.32. The molecule has 2 N–H and O–H groups in total. The van der Waals surface area contributed by atoms with Crippen LogP contribution in [-0.4, -0.2) is 30.0 Å². The molecule has 0 bridgehead atoms. The lowest BCUT2D eigenvalue weighted by atomic mass is 9.93. The summed E-state index contributed by atoms with van der Waals surface area (Å²) in [5.74, 6) is 0. The van der Waals surface area contributed by atoms with Gasteiger partial charge in [-0.15, -0.1) is 0 Å². The molecular weight excluding hydrogens is 242 g/mol. The van der Waals surface area contributed by atoms with Gasteiger partial charge < -0.3 is 10.6 Å². The van der Waals surface area contributed by atoms with E-state index in [0.29, 0.717) is 13.1 Å². The van der Waals surface area contributed by atoms with E-state index in [1.807, 2.05) is 13.1 Å². The fourth-order valence-electron chi connectivity index (χ4n) is 2.18. The number of nitro groups is 1. The largest absolute Gasteiger partial charge is 0.330 e. The monoisotopic (exact) mass is 265 g/mol. The summed E-state index contributed by atoms with van der Waals surface area (Å²) in [6.07, 6.45) is 0. The van der Waals surface area contributed by atoms with E-state index in [1.54, 1.807) is 19.1 Å². The Morgan fingerprint density at radius 3 is 2.58 bits per heavy atom. The molecule has 0 fully saturated rings. The number of nitrogens with zero attached hydrogens (tertiary/aromatic N) is 2. The van der Waals surface area contributed by atoms with Crippen LogP contribution in [0.25, 0.3) is 0 Å². The van der Waals surface area contributed by atoms with Crippen molar-refractivity contribution >= 4 is 5.69 Å². The molecule has 0 saturated carbocycles. The van der Waals surface area contributed by atoms with Crippen molar-refractivity contribution in [3.8, 4) is 0 Å². The van der Waals surface area contributed by atoms with Gasteiger partial charge in [0.1, 0.15) is 0 Å². The van der Waals surface area contributed by atoms with Gasteiger partial charge in [-0.3, -0.25) is 10.1 Å². The fourth-order valence-corrected chi connectivity index (χ4v) is 2.18. The van der Waals surface area contributed by atoms with Crippen LogP contribution < -0.4 is 5.73 Å². The molecule has 0 radical (unpaired) electrons. The van der Waals surface area contributed by atoms with E-state index >= 15 is 0 Å². The van der Waals surface area contributed by atoms with Crippen molar-refractivity contribution in [3.05, 3.63) is 39.4 Å². The minimum absolute atomic E-state index is 0.0450. The number of nitrogens with two attached hydrogens (primary N) is 1. The zero-order valence-electron chi connectivity index (χ0n) is 12.1. The standard InChI is InChI=1S/C14H23N3O2/c1-11-12(6-5-7-13(11)17(18)19)8-16(4)10-14(2,3)9-15/h5-7H,8-10,15H2,1-4H3. The highest BCUT2D eigenvalue weighted by Crippen LogP contribution is 2.23. The maximum atomic E-state index is 10.9. The molecule has 0 spiro atoms. The minimum Gasteiger partial charge on any atom is -0.330 e. The molecule has 0 aromatic heterocycles. The molecule has 1 aromatic carbocycles. The van der Waals surface area contributed by atoms with Crippen LogP contribution in [0.15, 0.2) is 18.2 Å². The normalized spacial score (nSPS) is 11.9. The molecule has 106 valence electrons. The molecule has 0 saturated heterocycles. The highest BCUT2D eigenvalue weighted by atomic mass is 16.6. The lowest BCUT2D eigenvalue weighted by Crippen LogP contribution is -2.36. The molecule has 5 nitrogen and oxygen atoms in total. The average molecular weight is 265 g/mol. The third-order valence-corrected chi connectivity index (χ3v) is 3.30. The minimum atomic E-state index is -0.331. The Bertz CT molecular complexity index is 458. The van der Waals surface area contributed by atoms with Gasteiger partial charge in [0.2, 0.25) is 0 Å². The van der Waals surface area contributed by atoms with Gasteiger partial charge in [0.15, 0.2) is 0 Å². The van der Waals surface area contributed by atoms with Crippen LogP contribution in [-0.2, 0) is 6.54 Å². The first-order valence-electron chi connectivity index (χ1n) is 6.38. The van der Waals surface area contributed by atoms with Crippen LogP contribution in [0.4, 0.5) is 5.69 Å². The highest BCUT2D eigenvalue weighted by molar-refractivity contribution is 5.44. The van der Waals surface area contributed by atoms with Gasteiger partial charge in [0.25, 0.3) is 5.69 Å². The summed E-state index contributed by atoms with van der Waals surface area (Å²) in [5.41, 5.74) is 7.69. The molecule has 0 aliphatic rings. The third-order valence-electron chi connectivity index (χ3n) is 3.30. The first kappa shape index (κ1) is 15.6. The summed E-state index contributed by atoms with van der Waals surface area (Å²) in [6, 6.07) is 5.22. The van der Waals surface area contributed by atoms with E-state index in [1.165, 1.54) is 0 Å². The second kappa shape index (κ2) is 6.12. The summed E-state index contributed by atoms with van der Waals surface area (Å²) in [7, 11) is 2.01. The van der Waals surface area contributed by atoms with Crippen molar-refractivity contribution in [2.75, 3.05) is 20.1 Å². The third kappa shape index (κ3) is 4.29. The Kier molecular flexibility index (Phi) is 5.03. The van der Waals surface area contributed by atoms with Gasteiger partial charge in [-0.1, -0.05) is 26.0 Å². The number of hydrogen-bond donors (Lipinski definition) is 1. The smallest absolute Gasteiger partial charge is 0.272 e. The van der Waals surface area contributed by atoms with E-state index in [9.17, 15) is 10.1 Å². The molecular formula is C14H23N3O2. The summed E-state index contributed by atoms with van der Waals surface area (Å²) in [5, 5.41) is 10.9. The van der Waals surface area contributed by atoms with Gasteiger partial charge in [-0.05, 0) is 31.5 Å². The molecule has 0 unspecified atom stereocenters. The van der Waals surface area contributed by atoms with E-state index in [4.69, 9.17) is 5.73 Å². The van der Waals surface area contributed by atoms with E-state index in [0.717, 1.165) is 17.7 Å². The number of hydrogen-bond acceptors (Lipinski definition) is 4. The second-order valence-electron chi connectivity index (χ2n) is 5.86. The molecule has 19 heavy (non-hydrogen) atoms.